The molecule has 0 radical (unpaired) electrons. The van der Waals surface area contributed by atoms with E-state index in [1.54, 1.807) is 0 Å². The summed E-state index contributed by atoms with van der Waals surface area (Å²) in [7, 11) is 0. The van der Waals surface area contributed by atoms with Crippen molar-refractivity contribution in [2.75, 3.05) is 18.8 Å². The Morgan fingerprint density at radius 3 is 3.13 bits per heavy atom. The predicted octanol–water partition coefficient (Wildman–Crippen LogP) is 2.21. The second kappa shape index (κ2) is 4.62. The van der Waals surface area contributed by atoms with Crippen LogP contribution in [0.1, 0.15) is 37.8 Å². The van der Waals surface area contributed by atoms with E-state index in [-0.39, 0.29) is 0 Å². The minimum Gasteiger partial charge on any atom is -0.384 e. The number of likely N-dealkylation sites (tertiary alicyclic amines) is 1. The normalized spacial score (nSPS) is 22.9. The zero-order valence-corrected chi connectivity index (χ0v) is 9.32. The lowest BCUT2D eigenvalue weighted by Crippen LogP contribution is -2.33. The van der Waals surface area contributed by atoms with Crippen LogP contribution in [0.25, 0.3) is 0 Å². The molecular weight excluding hydrogens is 186 g/mol. The minimum absolute atomic E-state index is 0.550. The molecule has 1 saturated heterocycles. The van der Waals surface area contributed by atoms with Crippen molar-refractivity contribution in [1.29, 1.82) is 0 Å². The Morgan fingerprint density at radius 1 is 1.53 bits per heavy atom. The van der Waals surface area contributed by atoms with Gasteiger partial charge in [-0.15, -0.1) is 0 Å². The lowest BCUT2D eigenvalue weighted by Gasteiger charge is -2.35. The number of anilines is 1. The number of piperidine rings is 1. The van der Waals surface area contributed by atoms with Crippen molar-refractivity contribution in [3.05, 3.63) is 23.9 Å². The third-order valence-electron chi connectivity index (χ3n) is 3.21. The molecular formula is C12H19N3. The van der Waals surface area contributed by atoms with Gasteiger partial charge in [-0.1, -0.05) is 13.3 Å². The second-order valence-corrected chi connectivity index (χ2v) is 4.15. The zero-order valence-electron chi connectivity index (χ0n) is 9.32. The molecule has 0 bridgehead atoms. The van der Waals surface area contributed by atoms with Crippen LogP contribution in [-0.2, 0) is 0 Å². The Morgan fingerprint density at radius 2 is 2.40 bits per heavy atom. The fourth-order valence-electron chi connectivity index (χ4n) is 2.42. The lowest BCUT2D eigenvalue weighted by atomic mass is 9.96. The molecule has 82 valence electrons. The molecule has 1 aromatic heterocycles. The number of nitrogens with zero attached hydrogens (tertiary/aromatic N) is 2. The summed E-state index contributed by atoms with van der Waals surface area (Å²) in [5, 5.41) is 0. The Kier molecular flexibility index (Phi) is 3.21. The molecule has 3 nitrogen and oxygen atoms in total. The van der Waals surface area contributed by atoms with Crippen molar-refractivity contribution in [2.24, 2.45) is 0 Å². The summed E-state index contributed by atoms with van der Waals surface area (Å²) in [6.07, 6.45) is 5.71. The molecule has 0 amide bonds. The fourth-order valence-corrected chi connectivity index (χ4v) is 2.42. The molecule has 1 aliphatic heterocycles. The number of nitrogen functional groups attached to an aromatic ring is 1. The molecule has 0 saturated carbocycles. The first kappa shape index (κ1) is 10.4. The van der Waals surface area contributed by atoms with E-state index in [1.165, 1.54) is 31.4 Å². The first-order valence-corrected chi connectivity index (χ1v) is 5.76. The molecule has 1 fully saturated rings. The molecule has 0 aromatic carbocycles. The van der Waals surface area contributed by atoms with E-state index in [0.29, 0.717) is 11.9 Å². The third-order valence-corrected chi connectivity index (χ3v) is 3.21. The van der Waals surface area contributed by atoms with Crippen LogP contribution in [0.2, 0.25) is 0 Å². The highest BCUT2D eigenvalue weighted by Gasteiger charge is 2.22. The SMILES string of the molecule is CCN1CCCC[C@H]1c1ccnc(N)c1. The van der Waals surface area contributed by atoms with Gasteiger partial charge in [0.1, 0.15) is 5.82 Å². The van der Waals surface area contributed by atoms with Crippen LogP contribution < -0.4 is 5.73 Å². The van der Waals surface area contributed by atoms with Gasteiger partial charge in [0.2, 0.25) is 0 Å². The van der Waals surface area contributed by atoms with E-state index in [0.717, 1.165) is 6.54 Å². The van der Waals surface area contributed by atoms with Crippen molar-refractivity contribution in [2.45, 2.75) is 32.2 Å². The number of aromatic nitrogens is 1. The first-order chi connectivity index (χ1) is 7.31. The number of rotatable bonds is 2. The van der Waals surface area contributed by atoms with Gasteiger partial charge in [0, 0.05) is 12.2 Å². The monoisotopic (exact) mass is 205 g/mol. The number of nitrogens with two attached hydrogens (primary N) is 1. The molecule has 1 aromatic rings. The average Bonchev–Trinajstić information content (AvgIpc) is 2.29. The maximum atomic E-state index is 5.72. The molecule has 2 rings (SSSR count). The lowest BCUT2D eigenvalue weighted by molar-refractivity contribution is 0.157. The summed E-state index contributed by atoms with van der Waals surface area (Å²) in [6, 6.07) is 4.65. The van der Waals surface area contributed by atoms with Crippen molar-refractivity contribution < 1.29 is 0 Å². The summed E-state index contributed by atoms with van der Waals surface area (Å²) in [5.41, 5.74) is 7.05. The Labute approximate surface area is 91.3 Å². The van der Waals surface area contributed by atoms with E-state index >= 15 is 0 Å². The highest BCUT2D eigenvalue weighted by molar-refractivity contribution is 5.33. The third kappa shape index (κ3) is 2.29. The second-order valence-electron chi connectivity index (χ2n) is 4.15. The van der Waals surface area contributed by atoms with E-state index in [2.05, 4.69) is 22.9 Å². The molecule has 0 unspecified atom stereocenters. The van der Waals surface area contributed by atoms with Crippen LogP contribution in [0.4, 0.5) is 5.82 Å². The standard InChI is InChI=1S/C12H19N3/c1-2-15-8-4-3-5-11(15)10-6-7-14-12(13)9-10/h6-7,9,11H,2-5,8H2,1H3,(H2,13,14)/t11-/m0/s1. The highest BCUT2D eigenvalue weighted by Crippen LogP contribution is 2.30. The van der Waals surface area contributed by atoms with Crippen LogP contribution in [0.15, 0.2) is 18.3 Å². The van der Waals surface area contributed by atoms with Gasteiger partial charge in [-0.3, -0.25) is 4.90 Å². The first-order valence-electron chi connectivity index (χ1n) is 5.76. The summed E-state index contributed by atoms with van der Waals surface area (Å²) >= 11 is 0. The van der Waals surface area contributed by atoms with Gasteiger partial charge in [-0.05, 0) is 43.6 Å². The van der Waals surface area contributed by atoms with Crippen LogP contribution >= 0.6 is 0 Å². The molecule has 1 aliphatic rings. The van der Waals surface area contributed by atoms with Gasteiger partial charge < -0.3 is 5.73 Å². The number of hydrogen-bond acceptors (Lipinski definition) is 3. The maximum Gasteiger partial charge on any atom is 0.123 e. The molecule has 2 heterocycles. The van der Waals surface area contributed by atoms with E-state index in [1.807, 2.05) is 12.3 Å². The van der Waals surface area contributed by atoms with Crippen molar-refractivity contribution >= 4 is 5.82 Å². The smallest absolute Gasteiger partial charge is 0.123 e. The van der Waals surface area contributed by atoms with Crippen molar-refractivity contribution in [1.82, 2.24) is 9.88 Å². The van der Waals surface area contributed by atoms with Gasteiger partial charge >= 0.3 is 0 Å². The summed E-state index contributed by atoms with van der Waals surface area (Å²) < 4.78 is 0. The largest absolute Gasteiger partial charge is 0.384 e. The molecule has 15 heavy (non-hydrogen) atoms. The topological polar surface area (TPSA) is 42.2 Å². The number of hydrogen-bond donors (Lipinski definition) is 1. The van der Waals surface area contributed by atoms with Gasteiger partial charge in [-0.25, -0.2) is 4.98 Å². The molecule has 3 heteroatoms. The summed E-state index contributed by atoms with van der Waals surface area (Å²) in [6.45, 7) is 4.55. The van der Waals surface area contributed by atoms with E-state index < -0.39 is 0 Å². The van der Waals surface area contributed by atoms with Gasteiger partial charge in [0.25, 0.3) is 0 Å². The van der Waals surface area contributed by atoms with Crippen molar-refractivity contribution in [3.63, 3.8) is 0 Å². The van der Waals surface area contributed by atoms with Gasteiger partial charge in [0.15, 0.2) is 0 Å². The van der Waals surface area contributed by atoms with E-state index in [9.17, 15) is 0 Å². The maximum absolute atomic E-state index is 5.72. The predicted molar refractivity (Wildman–Crippen MR) is 62.5 cm³/mol. The summed E-state index contributed by atoms with van der Waals surface area (Å²) in [5.74, 6) is 0.633. The van der Waals surface area contributed by atoms with Crippen LogP contribution in [-0.4, -0.2) is 23.0 Å². The fraction of sp³-hybridized carbons (Fsp3) is 0.583. The Bertz CT molecular complexity index is 324. The van der Waals surface area contributed by atoms with Gasteiger partial charge in [-0.2, -0.15) is 0 Å². The molecule has 0 spiro atoms. The Hall–Kier alpha value is -1.09. The average molecular weight is 205 g/mol. The number of pyridine rings is 1. The van der Waals surface area contributed by atoms with E-state index in [4.69, 9.17) is 5.73 Å². The van der Waals surface area contributed by atoms with Crippen molar-refractivity contribution in [3.8, 4) is 0 Å². The quantitative estimate of drug-likeness (QED) is 0.805. The summed E-state index contributed by atoms with van der Waals surface area (Å²) in [4.78, 5) is 6.57. The molecule has 1 atom stereocenters. The molecule has 2 N–H and O–H groups in total. The zero-order chi connectivity index (χ0) is 10.7. The van der Waals surface area contributed by atoms with Crippen LogP contribution in [0.3, 0.4) is 0 Å². The minimum atomic E-state index is 0.550. The van der Waals surface area contributed by atoms with Crippen LogP contribution in [0, 0.1) is 0 Å². The van der Waals surface area contributed by atoms with Crippen LogP contribution in [0.5, 0.6) is 0 Å². The Balaban J connectivity index is 2.20. The highest BCUT2D eigenvalue weighted by atomic mass is 15.2. The molecule has 0 aliphatic carbocycles. The van der Waals surface area contributed by atoms with Gasteiger partial charge in [0.05, 0.1) is 0 Å².